The second-order valence-electron chi connectivity index (χ2n) is 4.43. The number of halogens is 1. The predicted octanol–water partition coefficient (Wildman–Crippen LogP) is 3.10. The molecule has 0 bridgehead atoms. The Morgan fingerprint density at radius 1 is 1.26 bits per heavy atom. The van der Waals surface area contributed by atoms with Crippen LogP contribution in [0.4, 0.5) is 0 Å². The molecule has 0 saturated carbocycles. The second-order valence-corrected chi connectivity index (χ2v) is 4.82. The number of nitrogens with zero attached hydrogens (tertiary/aromatic N) is 1. The van der Waals surface area contributed by atoms with Crippen molar-refractivity contribution in [2.45, 2.75) is 19.4 Å². The highest BCUT2D eigenvalue weighted by Crippen LogP contribution is 2.07. The molecular formula is C15H15ClN2O. The molecule has 4 heteroatoms. The Balaban J connectivity index is 1.93. The Morgan fingerprint density at radius 2 is 2.00 bits per heavy atom. The fraction of sp³-hybridized carbons (Fsp3) is 0.200. The molecule has 0 saturated heterocycles. The second kappa shape index (κ2) is 6.34. The van der Waals surface area contributed by atoms with Gasteiger partial charge in [-0.05, 0) is 31.0 Å². The van der Waals surface area contributed by atoms with Gasteiger partial charge in [0.05, 0.1) is 5.56 Å². The molecule has 0 aliphatic carbocycles. The van der Waals surface area contributed by atoms with Crippen LogP contribution in [-0.2, 0) is 6.42 Å². The Bertz CT molecular complexity index is 540. The molecule has 3 nitrogen and oxygen atoms in total. The summed E-state index contributed by atoms with van der Waals surface area (Å²) in [4.78, 5) is 15.9. The van der Waals surface area contributed by atoms with Gasteiger partial charge in [0.25, 0.3) is 5.91 Å². The maximum absolute atomic E-state index is 12.0. The van der Waals surface area contributed by atoms with E-state index < -0.39 is 0 Å². The largest absolute Gasteiger partial charge is 0.349 e. The number of nitrogens with one attached hydrogen (secondary N) is 1. The molecule has 98 valence electrons. The van der Waals surface area contributed by atoms with Crippen LogP contribution in [0.5, 0.6) is 0 Å². The Hall–Kier alpha value is -1.87. The lowest BCUT2D eigenvalue weighted by Gasteiger charge is -2.13. The molecular weight excluding hydrogens is 260 g/mol. The highest BCUT2D eigenvalue weighted by atomic mass is 35.5. The molecule has 1 N–H and O–H groups in total. The SMILES string of the molecule is CC(Cc1ccccc1)NC(=O)c1ccc(Cl)nc1. The zero-order valence-corrected chi connectivity index (χ0v) is 11.4. The zero-order valence-electron chi connectivity index (χ0n) is 10.6. The highest BCUT2D eigenvalue weighted by molar-refractivity contribution is 6.29. The summed E-state index contributed by atoms with van der Waals surface area (Å²) in [6.45, 7) is 1.98. The topological polar surface area (TPSA) is 42.0 Å². The van der Waals surface area contributed by atoms with E-state index in [0.29, 0.717) is 10.7 Å². The summed E-state index contributed by atoms with van der Waals surface area (Å²) in [6.07, 6.45) is 2.28. The first-order chi connectivity index (χ1) is 9.15. The van der Waals surface area contributed by atoms with E-state index >= 15 is 0 Å². The van der Waals surface area contributed by atoms with Crippen LogP contribution in [0, 0.1) is 0 Å². The van der Waals surface area contributed by atoms with Crippen molar-refractivity contribution in [2.24, 2.45) is 0 Å². The van der Waals surface area contributed by atoms with E-state index in [4.69, 9.17) is 11.6 Å². The molecule has 2 rings (SSSR count). The van der Waals surface area contributed by atoms with Gasteiger partial charge < -0.3 is 5.32 Å². The minimum absolute atomic E-state index is 0.0607. The summed E-state index contributed by atoms with van der Waals surface area (Å²) < 4.78 is 0. The minimum atomic E-state index is -0.132. The van der Waals surface area contributed by atoms with Gasteiger partial charge in [0.15, 0.2) is 0 Å². The van der Waals surface area contributed by atoms with E-state index in [-0.39, 0.29) is 11.9 Å². The molecule has 0 spiro atoms. The fourth-order valence-electron chi connectivity index (χ4n) is 1.84. The molecule has 0 radical (unpaired) electrons. The van der Waals surface area contributed by atoms with Crippen molar-refractivity contribution in [3.8, 4) is 0 Å². The van der Waals surface area contributed by atoms with Crippen molar-refractivity contribution in [3.05, 3.63) is 64.9 Å². The van der Waals surface area contributed by atoms with Crippen LogP contribution in [-0.4, -0.2) is 16.9 Å². The maximum atomic E-state index is 12.0. The molecule has 1 heterocycles. The average molecular weight is 275 g/mol. The van der Waals surface area contributed by atoms with Crippen LogP contribution < -0.4 is 5.32 Å². The fourth-order valence-corrected chi connectivity index (χ4v) is 1.95. The summed E-state index contributed by atoms with van der Waals surface area (Å²) in [5, 5.41) is 3.33. The van der Waals surface area contributed by atoms with Gasteiger partial charge in [-0.1, -0.05) is 41.9 Å². The van der Waals surface area contributed by atoms with E-state index in [1.807, 2.05) is 37.3 Å². The lowest BCUT2D eigenvalue weighted by atomic mass is 10.1. The van der Waals surface area contributed by atoms with Gasteiger partial charge in [0.1, 0.15) is 5.15 Å². The smallest absolute Gasteiger partial charge is 0.253 e. The van der Waals surface area contributed by atoms with Crippen LogP contribution in [0.25, 0.3) is 0 Å². The van der Waals surface area contributed by atoms with Gasteiger partial charge >= 0.3 is 0 Å². The molecule has 1 amide bonds. The molecule has 1 aromatic heterocycles. The molecule has 0 fully saturated rings. The first kappa shape index (κ1) is 13.6. The Morgan fingerprint density at radius 3 is 2.63 bits per heavy atom. The number of carbonyl (C=O) groups is 1. The molecule has 0 aliphatic heterocycles. The Labute approximate surface area is 117 Å². The third-order valence-corrected chi connectivity index (χ3v) is 2.98. The number of rotatable bonds is 4. The van der Waals surface area contributed by atoms with E-state index in [9.17, 15) is 4.79 Å². The van der Waals surface area contributed by atoms with Crippen LogP contribution in [0.1, 0.15) is 22.8 Å². The van der Waals surface area contributed by atoms with Gasteiger partial charge in [-0.3, -0.25) is 4.79 Å². The van der Waals surface area contributed by atoms with Crippen LogP contribution >= 0.6 is 11.6 Å². The van der Waals surface area contributed by atoms with Crippen molar-refractivity contribution < 1.29 is 4.79 Å². The number of carbonyl (C=O) groups excluding carboxylic acids is 1. The summed E-state index contributed by atoms with van der Waals surface area (Å²) in [5.41, 5.74) is 1.72. The molecule has 2 aromatic rings. The Kier molecular flexibility index (Phi) is 4.53. The number of benzene rings is 1. The van der Waals surface area contributed by atoms with Gasteiger partial charge in [-0.25, -0.2) is 4.98 Å². The first-order valence-electron chi connectivity index (χ1n) is 6.11. The summed E-state index contributed by atoms with van der Waals surface area (Å²) in [5.74, 6) is -0.132. The molecule has 1 atom stereocenters. The third kappa shape index (κ3) is 4.07. The predicted molar refractivity (Wildman–Crippen MR) is 76.3 cm³/mol. The maximum Gasteiger partial charge on any atom is 0.253 e. The lowest BCUT2D eigenvalue weighted by molar-refractivity contribution is 0.0940. The number of hydrogen-bond donors (Lipinski definition) is 1. The van der Waals surface area contributed by atoms with Gasteiger partial charge in [-0.15, -0.1) is 0 Å². The van der Waals surface area contributed by atoms with E-state index in [2.05, 4.69) is 10.3 Å². The van der Waals surface area contributed by atoms with Crippen LogP contribution in [0.2, 0.25) is 5.15 Å². The van der Waals surface area contributed by atoms with Gasteiger partial charge in [0, 0.05) is 12.2 Å². The van der Waals surface area contributed by atoms with Crippen molar-refractivity contribution in [3.63, 3.8) is 0 Å². The zero-order chi connectivity index (χ0) is 13.7. The number of aromatic nitrogens is 1. The lowest BCUT2D eigenvalue weighted by Crippen LogP contribution is -2.34. The molecule has 0 aliphatic rings. The normalized spacial score (nSPS) is 11.9. The number of amides is 1. The van der Waals surface area contributed by atoms with Crippen molar-refractivity contribution in [1.29, 1.82) is 0 Å². The third-order valence-electron chi connectivity index (χ3n) is 2.75. The number of hydrogen-bond acceptors (Lipinski definition) is 2. The highest BCUT2D eigenvalue weighted by Gasteiger charge is 2.10. The van der Waals surface area contributed by atoms with Crippen molar-refractivity contribution in [1.82, 2.24) is 10.3 Å². The van der Waals surface area contributed by atoms with E-state index in [0.717, 1.165) is 6.42 Å². The van der Waals surface area contributed by atoms with E-state index in [1.165, 1.54) is 11.8 Å². The van der Waals surface area contributed by atoms with Gasteiger partial charge in [-0.2, -0.15) is 0 Å². The van der Waals surface area contributed by atoms with Crippen molar-refractivity contribution in [2.75, 3.05) is 0 Å². The van der Waals surface area contributed by atoms with Crippen LogP contribution in [0.15, 0.2) is 48.7 Å². The van der Waals surface area contributed by atoms with Crippen LogP contribution in [0.3, 0.4) is 0 Å². The average Bonchev–Trinajstić information content (AvgIpc) is 2.40. The summed E-state index contributed by atoms with van der Waals surface area (Å²) in [6, 6.07) is 13.4. The quantitative estimate of drug-likeness (QED) is 0.871. The molecule has 19 heavy (non-hydrogen) atoms. The minimum Gasteiger partial charge on any atom is -0.349 e. The van der Waals surface area contributed by atoms with Crippen molar-refractivity contribution >= 4 is 17.5 Å². The molecule has 1 aromatic carbocycles. The van der Waals surface area contributed by atoms with E-state index in [1.54, 1.807) is 12.1 Å². The van der Waals surface area contributed by atoms with Gasteiger partial charge in [0.2, 0.25) is 0 Å². The summed E-state index contributed by atoms with van der Waals surface area (Å²) in [7, 11) is 0. The first-order valence-corrected chi connectivity index (χ1v) is 6.49. The summed E-state index contributed by atoms with van der Waals surface area (Å²) >= 11 is 5.69. The monoisotopic (exact) mass is 274 g/mol. The molecule has 1 unspecified atom stereocenters. The standard InChI is InChI=1S/C15H15ClN2O/c1-11(9-12-5-3-2-4-6-12)18-15(19)13-7-8-14(16)17-10-13/h2-8,10-11H,9H2,1H3,(H,18,19). The number of pyridine rings is 1.